The summed E-state index contributed by atoms with van der Waals surface area (Å²) in [5.41, 5.74) is 0.488. The molecule has 2 N–H and O–H groups in total. The molecule has 3 rings (SSSR count). The van der Waals surface area contributed by atoms with Crippen LogP contribution >= 0.6 is 11.3 Å². The van der Waals surface area contributed by atoms with Crippen molar-refractivity contribution in [1.29, 1.82) is 0 Å². The summed E-state index contributed by atoms with van der Waals surface area (Å²) in [6.45, 7) is 6.33. The average molecular weight is 361 g/mol. The number of hydrogen-bond donors (Lipinski definition) is 2. The number of nitrogens with zero attached hydrogens (tertiary/aromatic N) is 2. The lowest BCUT2D eigenvalue weighted by atomic mass is 9.95. The molecule has 0 unspecified atom stereocenters. The smallest absolute Gasteiger partial charge is 0.410 e. The van der Waals surface area contributed by atoms with Crippen LogP contribution in [0.1, 0.15) is 20.8 Å². The molecule has 25 heavy (non-hydrogen) atoms. The van der Waals surface area contributed by atoms with E-state index < -0.39 is 17.3 Å². The Balaban J connectivity index is 1.50. The second-order valence-electron chi connectivity index (χ2n) is 7.32. The van der Waals surface area contributed by atoms with Gasteiger partial charge in [-0.3, -0.25) is 0 Å². The molecule has 6 nitrogen and oxygen atoms in total. The van der Waals surface area contributed by atoms with Gasteiger partial charge in [-0.25, -0.2) is 9.78 Å². The molecule has 1 aromatic carbocycles. The predicted molar refractivity (Wildman–Crippen MR) is 98.8 cm³/mol. The minimum absolute atomic E-state index is 0.256. The highest BCUT2D eigenvalue weighted by Crippen LogP contribution is 2.27. The highest BCUT2D eigenvalue weighted by Gasteiger charge is 2.45. The molecule has 1 fully saturated rings. The van der Waals surface area contributed by atoms with Crippen LogP contribution in [0.5, 0.6) is 0 Å². The molecular formula is C18H23N3O3S. The first-order chi connectivity index (χ1) is 11.7. The molecule has 2 heterocycles. The number of thiazole rings is 1. The van der Waals surface area contributed by atoms with E-state index in [1.54, 1.807) is 0 Å². The summed E-state index contributed by atoms with van der Waals surface area (Å²) >= 11 is 1.50. The van der Waals surface area contributed by atoms with Gasteiger partial charge in [0.1, 0.15) is 11.2 Å². The molecule has 1 aromatic heterocycles. The SMILES string of the molecule is CC(C)(C)OC(=O)N1CC(O)(CNc2nc(-c3ccccc3)cs2)C1. The van der Waals surface area contributed by atoms with E-state index in [-0.39, 0.29) is 13.1 Å². The summed E-state index contributed by atoms with van der Waals surface area (Å²) in [6, 6.07) is 9.94. The molecule has 1 amide bonds. The number of carbonyl (C=O) groups excluding carboxylic acids is 1. The lowest BCUT2D eigenvalue weighted by molar-refractivity contribution is -0.0895. The van der Waals surface area contributed by atoms with Gasteiger partial charge in [-0.1, -0.05) is 30.3 Å². The fourth-order valence-electron chi connectivity index (χ4n) is 2.57. The van der Waals surface area contributed by atoms with E-state index >= 15 is 0 Å². The van der Waals surface area contributed by atoms with Crippen molar-refractivity contribution in [1.82, 2.24) is 9.88 Å². The number of rotatable bonds is 4. The molecule has 7 heteroatoms. The second-order valence-corrected chi connectivity index (χ2v) is 8.18. The van der Waals surface area contributed by atoms with Crippen LogP contribution in [0.2, 0.25) is 0 Å². The first kappa shape index (κ1) is 17.7. The average Bonchev–Trinajstić information content (AvgIpc) is 2.98. The van der Waals surface area contributed by atoms with Crippen molar-refractivity contribution in [2.24, 2.45) is 0 Å². The molecule has 1 saturated heterocycles. The standard InChI is InChI=1S/C18H23N3O3S/c1-17(2,3)24-16(22)21-11-18(23,12-21)10-19-15-20-14(9-25-15)13-7-5-4-6-8-13/h4-9,23H,10-12H2,1-3H3,(H,19,20). The molecule has 0 aliphatic carbocycles. The van der Waals surface area contributed by atoms with Gasteiger partial charge >= 0.3 is 6.09 Å². The predicted octanol–water partition coefficient (Wildman–Crippen LogP) is 3.20. The zero-order valence-electron chi connectivity index (χ0n) is 14.7. The van der Waals surface area contributed by atoms with Crippen molar-refractivity contribution < 1.29 is 14.6 Å². The van der Waals surface area contributed by atoms with E-state index in [4.69, 9.17) is 4.74 Å². The lowest BCUT2D eigenvalue weighted by Crippen LogP contribution is -2.66. The summed E-state index contributed by atoms with van der Waals surface area (Å²) in [4.78, 5) is 18.0. The van der Waals surface area contributed by atoms with E-state index in [0.717, 1.165) is 16.4 Å². The Hall–Kier alpha value is -2.12. The van der Waals surface area contributed by atoms with Gasteiger partial charge in [0.25, 0.3) is 0 Å². The first-order valence-corrected chi connectivity index (χ1v) is 9.07. The Morgan fingerprint density at radius 2 is 2.04 bits per heavy atom. The third kappa shape index (κ3) is 4.49. The number of aliphatic hydroxyl groups is 1. The maximum absolute atomic E-state index is 11.9. The summed E-state index contributed by atoms with van der Waals surface area (Å²) in [7, 11) is 0. The van der Waals surface area contributed by atoms with Gasteiger partial charge in [0.2, 0.25) is 0 Å². The van der Waals surface area contributed by atoms with Crippen molar-refractivity contribution in [2.45, 2.75) is 32.0 Å². The number of aromatic nitrogens is 1. The van der Waals surface area contributed by atoms with Crippen LogP contribution in [-0.4, -0.2) is 51.9 Å². The van der Waals surface area contributed by atoms with Crippen LogP contribution in [0.4, 0.5) is 9.93 Å². The molecule has 0 atom stereocenters. The molecular weight excluding hydrogens is 338 g/mol. The van der Waals surface area contributed by atoms with Gasteiger partial charge in [-0.2, -0.15) is 0 Å². The number of carbonyl (C=O) groups is 1. The van der Waals surface area contributed by atoms with Gasteiger partial charge in [0, 0.05) is 17.5 Å². The number of benzene rings is 1. The molecule has 0 spiro atoms. The molecule has 1 aliphatic rings. The normalized spacial score (nSPS) is 16.2. The number of likely N-dealkylation sites (tertiary alicyclic amines) is 1. The minimum Gasteiger partial charge on any atom is -0.444 e. The molecule has 134 valence electrons. The fraction of sp³-hybridized carbons (Fsp3) is 0.444. The fourth-order valence-corrected chi connectivity index (χ4v) is 3.29. The van der Waals surface area contributed by atoms with Gasteiger partial charge in [-0.05, 0) is 20.8 Å². The van der Waals surface area contributed by atoms with Crippen LogP contribution in [-0.2, 0) is 4.74 Å². The van der Waals surface area contributed by atoms with E-state index in [2.05, 4.69) is 10.3 Å². The van der Waals surface area contributed by atoms with Gasteiger partial charge in [0.05, 0.1) is 18.8 Å². The lowest BCUT2D eigenvalue weighted by Gasteiger charge is -2.46. The van der Waals surface area contributed by atoms with Crippen LogP contribution < -0.4 is 5.32 Å². The number of hydrogen-bond acceptors (Lipinski definition) is 6. The summed E-state index contributed by atoms with van der Waals surface area (Å²) in [5, 5.41) is 16.4. The molecule has 1 aliphatic heterocycles. The highest BCUT2D eigenvalue weighted by atomic mass is 32.1. The monoisotopic (exact) mass is 361 g/mol. The Kier molecular flexibility index (Phi) is 4.71. The quantitative estimate of drug-likeness (QED) is 0.875. The second kappa shape index (κ2) is 6.65. The van der Waals surface area contributed by atoms with Crippen LogP contribution in [0.25, 0.3) is 11.3 Å². The van der Waals surface area contributed by atoms with Crippen molar-refractivity contribution in [3.8, 4) is 11.3 Å². The maximum Gasteiger partial charge on any atom is 0.410 e. The van der Waals surface area contributed by atoms with E-state index in [0.29, 0.717) is 6.54 Å². The summed E-state index contributed by atoms with van der Waals surface area (Å²) in [5.74, 6) is 0. The zero-order chi connectivity index (χ0) is 18.1. The van der Waals surface area contributed by atoms with E-state index in [9.17, 15) is 9.90 Å². The number of ether oxygens (including phenoxy) is 1. The largest absolute Gasteiger partial charge is 0.444 e. The number of amides is 1. The van der Waals surface area contributed by atoms with Gasteiger partial charge in [0.15, 0.2) is 5.13 Å². The first-order valence-electron chi connectivity index (χ1n) is 8.19. The number of β-amino-alcohol motifs (C(OH)–C–C–N with tert-alkyl or cyclic N) is 1. The Bertz CT molecular complexity index is 734. The third-order valence-electron chi connectivity index (χ3n) is 3.76. The maximum atomic E-state index is 11.9. The minimum atomic E-state index is -0.949. The number of nitrogens with one attached hydrogen (secondary N) is 1. The Morgan fingerprint density at radius 3 is 2.68 bits per heavy atom. The van der Waals surface area contributed by atoms with Gasteiger partial charge in [-0.15, -0.1) is 11.3 Å². The third-order valence-corrected chi connectivity index (χ3v) is 4.56. The zero-order valence-corrected chi connectivity index (χ0v) is 15.5. The van der Waals surface area contributed by atoms with Crippen molar-refractivity contribution in [3.05, 3.63) is 35.7 Å². The van der Waals surface area contributed by atoms with Gasteiger partial charge < -0.3 is 20.1 Å². The van der Waals surface area contributed by atoms with Crippen LogP contribution in [0.15, 0.2) is 35.7 Å². The van der Waals surface area contributed by atoms with E-state index in [1.807, 2.05) is 56.5 Å². The number of anilines is 1. The molecule has 2 aromatic rings. The molecule has 0 saturated carbocycles. The highest BCUT2D eigenvalue weighted by molar-refractivity contribution is 7.14. The van der Waals surface area contributed by atoms with Crippen molar-refractivity contribution in [3.63, 3.8) is 0 Å². The van der Waals surface area contributed by atoms with Crippen molar-refractivity contribution >= 4 is 22.6 Å². The van der Waals surface area contributed by atoms with Crippen molar-refractivity contribution in [2.75, 3.05) is 25.0 Å². The van der Waals surface area contributed by atoms with Crippen LogP contribution in [0, 0.1) is 0 Å². The van der Waals surface area contributed by atoms with E-state index in [1.165, 1.54) is 16.2 Å². The topological polar surface area (TPSA) is 74.7 Å². The molecule has 0 bridgehead atoms. The Labute approximate surface area is 151 Å². The summed E-state index contributed by atoms with van der Waals surface area (Å²) < 4.78 is 5.30. The summed E-state index contributed by atoms with van der Waals surface area (Å²) in [6.07, 6.45) is -0.391. The Morgan fingerprint density at radius 1 is 1.36 bits per heavy atom. The van der Waals surface area contributed by atoms with Crippen LogP contribution in [0.3, 0.4) is 0 Å². The molecule has 0 radical (unpaired) electrons.